The zero-order chi connectivity index (χ0) is 15.5. The van der Waals surface area contributed by atoms with Gasteiger partial charge in [0.2, 0.25) is 0 Å². The van der Waals surface area contributed by atoms with Crippen molar-refractivity contribution >= 4 is 17.4 Å². The lowest BCUT2D eigenvalue weighted by Crippen LogP contribution is -2.34. The van der Waals surface area contributed by atoms with Crippen LogP contribution < -0.4 is 5.32 Å². The smallest absolute Gasteiger partial charge is 0.408 e. The van der Waals surface area contributed by atoms with E-state index in [1.54, 1.807) is 23.9 Å². The molecule has 1 amide bonds. The van der Waals surface area contributed by atoms with Crippen molar-refractivity contribution in [3.8, 4) is 0 Å². The average Bonchev–Trinajstić information content (AvgIpc) is 2.97. The Labute approximate surface area is 129 Å². The van der Waals surface area contributed by atoms with Crippen molar-refractivity contribution in [2.75, 3.05) is 0 Å². The van der Waals surface area contributed by atoms with Crippen LogP contribution in [0.4, 0.5) is 4.79 Å². The SMILES string of the molecule is CC(NC(=O)OC(C)(C)C)c1cncn1Cc1ccsc1. The van der Waals surface area contributed by atoms with Crippen LogP contribution in [-0.4, -0.2) is 21.2 Å². The van der Waals surface area contributed by atoms with Crippen molar-refractivity contribution in [2.24, 2.45) is 0 Å². The normalized spacial score (nSPS) is 13.0. The Bertz CT molecular complexity index is 584. The number of imidazole rings is 1. The maximum atomic E-state index is 11.8. The topological polar surface area (TPSA) is 56.1 Å². The van der Waals surface area contributed by atoms with Gasteiger partial charge in [-0.15, -0.1) is 0 Å². The summed E-state index contributed by atoms with van der Waals surface area (Å²) in [6, 6.07) is 1.92. The Hall–Kier alpha value is -1.82. The first kappa shape index (κ1) is 15.6. The van der Waals surface area contributed by atoms with E-state index in [0.717, 1.165) is 12.2 Å². The molecular formula is C15H21N3O2S. The minimum absolute atomic E-state index is 0.166. The van der Waals surface area contributed by atoms with Gasteiger partial charge >= 0.3 is 6.09 Å². The van der Waals surface area contributed by atoms with Crippen LogP contribution in [-0.2, 0) is 11.3 Å². The van der Waals surface area contributed by atoms with Crippen LogP contribution in [0.2, 0.25) is 0 Å². The zero-order valence-electron chi connectivity index (χ0n) is 12.8. The third-order valence-electron chi connectivity index (χ3n) is 2.85. The summed E-state index contributed by atoms with van der Waals surface area (Å²) < 4.78 is 7.31. The Kier molecular flexibility index (Phi) is 4.67. The summed E-state index contributed by atoms with van der Waals surface area (Å²) in [7, 11) is 0. The summed E-state index contributed by atoms with van der Waals surface area (Å²) in [4.78, 5) is 16.0. The van der Waals surface area contributed by atoms with E-state index >= 15 is 0 Å². The second-order valence-corrected chi connectivity index (χ2v) is 6.73. The first-order valence-corrected chi connectivity index (χ1v) is 7.80. The van der Waals surface area contributed by atoms with Gasteiger partial charge in [0.25, 0.3) is 0 Å². The molecule has 0 spiro atoms. The highest BCUT2D eigenvalue weighted by molar-refractivity contribution is 7.07. The summed E-state index contributed by atoms with van der Waals surface area (Å²) in [5.41, 5.74) is 1.68. The van der Waals surface area contributed by atoms with E-state index in [1.807, 2.05) is 37.6 Å². The van der Waals surface area contributed by atoms with Crippen LogP contribution in [0.25, 0.3) is 0 Å². The van der Waals surface area contributed by atoms with E-state index in [0.29, 0.717) is 0 Å². The van der Waals surface area contributed by atoms with Gasteiger partial charge in [0.1, 0.15) is 5.60 Å². The highest BCUT2D eigenvalue weighted by Gasteiger charge is 2.19. The molecule has 0 saturated heterocycles. The minimum Gasteiger partial charge on any atom is -0.444 e. The number of thiophene rings is 1. The van der Waals surface area contributed by atoms with E-state index in [-0.39, 0.29) is 6.04 Å². The molecule has 21 heavy (non-hydrogen) atoms. The zero-order valence-corrected chi connectivity index (χ0v) is 13.6. The molecule has 2 aromatic rings. The van der Waals surface area contributed by atoms with Crippen molar-refractivity contribution < 1.29 is 9.53 Å². The van der Waals surface area contributed by atoms with Gasteiger partial charge in [-0.05, 0) is 50.1 Å². The lowest BCUT2D eigenvalue weighted by atomic mass is 10.2. The molecule has 0 bridgehead atoms. The minimum atomic E-state index is -0.499. The third-order valence-corrected chi connectivity index (χ3v) is 3.59. The Morgan fingerprint density at radius 1 is 1.52 bits per heavy atom. The van der Waals surface area contributed by atoms with Gasteiger partial charge in [-0.2, -0.15) is 11.3 Å². The average molecular weight is 307 g/mol. The standard InChI is InChI=1S/C15H21N3O2S/c1-11(17-14(19)20-15(2,3)4)13-7-16-10-18(13)8-12-5-6-21-9-12/h5-7,9-11H,8H2,1-4H3,(H,17,19). The molecule has 0 aliphatic heterocycles. The predicted octanol–water partition coefficient (Wildman–Crippen LogP) is 3.58. The fraction of sp³-hybridized carbons (Fsp3) is 0.467. The molecule has 0 radical (unpaired) electrons. The van der Waals surface area contributed by atoms with E-state index in [2.05, 4.69) is 21.7 Å². The monoisotopic (exact) mass is 307 g/mol. The fourth-order valence-corrected chi connectivity index (χ4v) is 2.62. The van der Waals surface area contributed by atoms with Gasteiger partial charge in [0.05, 0.1) is 24.3 Å². The van der Waals surface area contributed by atoms with Crippen molar-refractivity contribution in [3.05, 3.63) is 40.6 Å². The number of aromatic nitrogens is 2. The number of alkyl carbamates (subject to hydrolysis) is 1. The summed E-state index contributed by atoms with van der Waals surface area (Å²) in [6.07, 6.45) is 3.13. The second kappa shape index (κ2) is 6.30. The predicted molar refractivity (Wildman–Crippen MR) is 83.4 cm³/mol. The lowest BCUT2D eigenvalue weighted by Gasteiger charge is -2.22. The van der Waals surface area contributed by atoms with E-state index in [4.69, 9.17) is 4.74 Å². The van der Waals surface area contributed by atoms with E-state index < -0.39 is 11.7 Å². The van der Waals surface area contributed by atoms with Crippen LogP contribution in [0.1, 0.15) is 45.0 Å². The summed E-state index contributed by atoms with van der Waals surface area (Å²) in [5, 5.41) is 7.00. The van der Waals surface area contributed by atoms with Crippen molar-refractivity contribution in [1.29, 1.82) is 0 Å². The molecule has 114 valence electrons. The summed E-state index contributed by atoms with van der Waals surface area (Å²) in [6.45, 7) is 8.21. The van der Waals surface area contributed by atoms with Gasteiger partial charge in [0.15, 0.2) is 0 Å². The van der Waals surface area contributed by atoms with Crippen LogP contribution >= 0.6 is 11.3 Å². The number of rotatable bonds is 4. The molecule has 0 saturated carbocycles. The van der Waals surface area contributed by atoms with Gasteiger partial charge in [-0.3, -0.25) is 0 Å². The summed E-state index contributed by atoms with van der Waals surface area (Å²) in [5.74, 6) is 0. The molecule has 5 nitrogen and oxygen atoms in total. The van der Waals surface area contributed by atoms with Crippen molar-refractivity contribution in [3.63, 3.8) is 0 Å². The Balaban J connectivity index is 2.01. The molecule has 0 aromatic carbocycles. The van der Waals surface area contributed by atoms with Gasteiger partial charge < -0.3 is 14.6 Å². The first-order chi connectivity index (χ1) is 9.85. The van der Waals surface area contributed by atoms with Crippen molar-refractivity contribution in [2.45, 2.75) is 45.9 Å². The number of carbonyl (C=O) groups is 1. The van der Waals surface area contributed by atoms with Gasteiger partial charge in [-0.1, -0.05) is 0 Å². The molecule has 6 heteroatoms. The van der Waals surface area contributed by atoms with Crippen LogP contribution in [0.15, 0.2) is 29.4 Å². The van der Waals surface area contributed by atoms with Crippen LogP contribution in [0.5, 0.6) is 0 Å². The van der Waals surface area contributed by atoms with E-state index in [9.17, 15) is 4.79 Å². The van der Waals surface area contributed by atoms with Gasteiger partial charge in [-0.25, -0.2) is 9.78 Å². The first-order valence-electron chi connectivity index (χ1n) is 6.86. The number of ether oxygens (including phenoxy) is 1. The maximum Gasteiger partial charge on any atom is 0.408 e. The molecule has 1 N–H and O–H groups in total. The molecule has 1 atom stereocenters. The Morgan fingerprint density at radius 2 is 2.29 bits per heavy atom. The quantitative estimate of drug-likeness (QED) is 0.939. The highest BCUT2D eigenvalue weighted by Crippen LogP contribution is 2.16. The highest BCUT2D eigenvalue weighted by atomic mass is 32.1. The number of nitrogens with one attached hydrogen (secondary N) is 1. The number of carbonyl (C=O) groups excluding carboxylic acids is 1. The molecule has 1 unspecified atom stereocenters. The number of hydrogen-bond acceptors (Lipinski definition) is 4. The fourth-order valence-electron chi connectivity index (χ4n) is 1.96. The molecular weight excluding hydrogens is 286 g/mol. The Morgan fingerprint density at radius 3 is 2.90 bits per heavy atom. The molecule has 2 aromatic heterocycles. The van der Waals surface area contributed by atoms with Crippen LogP contribution in [0, 0.1) is 0 Å². The molecule has 0 aliphatic rings. The maximum absolute atomic E-state index is 11.8. The number of nitrogens with zero attached hydrogens (tertiary/aromatic N) is 2. The number of amides is 1. The summed E-state index contributed by atoms with van der Waals surface area (Å²) >= 11 is 1.67. The molecule has 0 aliphatic carbocycles. The molecule has 2 heterocycles. The molecule has 2 rings (SSSR count). The lowest BCUT2D eigenvalue weighted by molar-refractivity contribution is 0.0506. The number of hydrogen-bond donors (Lipinski definition) is 1. The van der Waals surface area contributed by atoms with Crippen molar-refractivity contribution in [1.82, 2.24) is 14.9 Å². The van der Waals surface area contributed by atoms with E-state index in [1.165, 1.54) is 5.56 Å². The second-order valence-electron chi connectivity index (χ2n) is 5.95. The largest absolute Gasteiger partial charge is 0.444 e. The van der Waals surface area contributed by atoms with Crippen LogP contribution in [0.3, 0.4) is 0 Å². The van der Waals surface area contributed by atoms with Gasteiger partial charge in [0, 0.05) is 6.54 Å². The third kappa shape index (κ3) is 4.60. The molecule has 0 fully saturated rings.